The molecule has 0 unspecified atom stereocenters. The molecule has 0 aliphatic carbocycles. The smallest absolute Gasteiger partial charge is 0.239 e. The summed E-state index contributed by atoms with van der Waals surface area (Å²) in [5.41, 5.74) is 2.26. The van der Waals surface area contributed by atoms with Crippen molar-refractivity contribution in [3.05, 3.63) is 29.8 Å². The van der Waals surface area contributed by atoms with Crippen LogP contribution in [0.5, 0.6) is 0 Å². The van der Waals surface area contributed by atoms with Crippen LogP contribution in [0.2, 0.25) is 0 Å². The van der Waals surface area contributed by atoms with Gasteiger partial charge in [-0.15, -0.1) is 24.0 Å². The minimum absolute atomic E-state index is 0. The number of benzene rings is 1. The molecule has 3 N–H and O–H groups in total. The lowest BCUT2D eigenvalue weighted by atomic mass is 10.2. The summed E-state index contributed by atoms with van der Waals surface area (Å²) in [5.74, 6) is 0.970. The van der Waals surface area contributed by atoms with E-state index in [1.807, 2.05) is 0 Å². The second-order valence-corrected chi connectivity index (χ2v) is 8.17. The van der Waals surface area contributed by atoms with E-state index in [2.05, 4.69) is 56.9 Å². The minimum atomic E-state index is 0. The lowest BCUT2D eigenvalue weighted by Gasteiger charge is -2.28. The highest BCUT2D eigenvalue weighted by Gasteiger charge is 2.16. The van der Waals surface area contributed by atoms with Crippen LogP contribution in [0.3, 0.4) is 0 Å². The maximum atomic E-state index is 11.6. The number of hydrogen-bond acceptors (Lipinski definition) is 4. The van der Waals surface area contributed by atoms with E-state index in [1.165, 1.54) is 50.9 Å². The fourth-order valence-corrected chi connectivity index (χ4v) is 4.05. The molecule has 2 fully saturated rings. The highest BCUT2D eigenvalue weighted by Crippen LogP contribution is 2.16. The molecule has 2 saturated heterocycles. The molecule has 1 aromatic rings. The Labute approximate surface area is 204 Å². The first kappa shape index (κ1) is 25.7. The first-order chi connectivity index (χ1) is 14.7. The van der Waals surface area contributed by atoms with Gasteiger partial charge in [-0.05, 0) is 63.5 Å². The quantitative estimate of drug-likeness (QED) is 0.204. The summed E-state index contributed by atoms with van der Waals surface area (Å²) in [6, 6.07) is 8.39. The van der Waals surface area contributed by atoms with Crippen molar-refractivity contribution in [1.29, 1.82) is 0 Å². The molecule has 8 heteroatoms. The van der Waals surface area contributed by atoms with Gasteiger partial charge in [-0.3, -0.25) is 4.79 Å². The second-order valence-electron chi connectivity index (χ2n) is 8.17. The van der Waals surface area contributed by atoms with Crippen LogP contribution < -0.4 is 20.9 Å². The molecule has 0 aromatic heterocycles. The molecule has 0 bridgehead atoms. The number of anilines is 1. The summed E-state index contributed by atoms with van der Waals surface area (Å²) in [7, 11) is 0. The Bertz CT molecular complexity index is 673. The SMILES string of the molecule is CCNC(=NCc1ccc(N2CCNC(=O)C2)cc1)NCCCN1CCCCCC1.I. The lowest BCUT2D eigenvalue weighted by molar-refractivity contribution is -0.120. The zero-order valence-corrected chi connectivity index (χ0v) is 21.2. The van der Waals surface area contributed by atoms with Gasteiger partial charge >= 0.3 is 0 Å². The largest absolute Gasteiger partial charge is 0.360 e. The number of carbonyl (C=O) groups is 1. The normalized spacial score (nSPS) is 18.0. The molecule has 2 aliphatic rings. The van der Waals surface area contributed by atoms with E-state index < -0.39 is 0 Å². The van der Waals surface area contributed by atoms with Crippen molar-refractivity contribution in [3.63, 3.8) is 0 Å². The van der Waals surface area contributed by atoms with Gasteiger partial charge in [0.2, 0.25) is 5.91 Å². The highest BCUT2D eigenvalue weighted by molar-refractivity contribution is 14.0. The Balaban J connectivity index is 0.00000341. The molecule has 174 valence electrons. The van der Waals surface area contributed by atoms with Crippen LogP contribution in [0.25, 0.3) is 0 Å². The van der Waals surface area contributed by atoms with Crippen molar-refractivity contribution < 1.29 is 4.79 Å². The number of nitrogens with zero attached hydrogens (tertiary/aromatic N) is 3. The number of carbonyl (C=O) groups excluding carboxylic acids is 1. The number of piperazine rings is 1. The van der Waals surface area contributed by atoms with Crippen LogP contribution in [0, 0.1) is 0 Å². The predicted molar refractivity (Wildman–Crippen MR) is 139 cm³/mol. The van der Waals surface area contributed by atoms with Crippen molar-refractivity contribution in [2.75, 3.05) is 57.3 Å². The molecular formula is C23H39IN6O. The van der Waals surface area contributed by atoms with E-state index in [9.17, 15) is 4.79 Å². The van der Waals surface area contributed by atoms with E-state index in [0.29, 0.717) is 19.6 Å². The van der Waals surface area contributed by atoms with Gasteiger partial charge in [0.1, 0.15) is 0 Å². The van der Waals surface area contributed by atoms with Crippen molar-refractivity contribution in [2.24, 2.45) is 4.99 Å². The Kier molecular flexibility index (Phi) is 12.0. The summed E-state index contributed by atoms with van der Waals surface area (Å²) in [6.07, 6.45) is 6.62. The summed E-state index contributed by atoms with van der Waals surface area (Å²) in [5, 5.41) is 9.68. The maximum Gasteiger partial charge on any atom is 0.239 e. The van der Waals surface area contributed by atoms with Crippen LogP contribution in [0.4, 0.5) is 5.69 Å². The average molecular weight is 543 g/mol. The second kappa shape index (κ2) is 14.5. The molecule has 1 aromatic carbocycles. The summed E-state index contributed by atoms with van der Waals surface area (Å²) >= 11 is 0. The van der Waals surface area contributed by atoms with Crippen LogP contribution in [-0.4, -0.2) is 69.1 Å². The number of amides is 1. The zero-order valence-electron chi connectivity index (χ0n) is 18.9. The van der Waals surface area contributed by atoms with Crippen LogP contribution in [0.1, 0.15) is 44.6 Å². The molecule has 0 spiro atoms. The molecule has 0 radical (unpaired) electrons. The highest BCUT2D eigenvalue weighted by atomic mass is 127. The number of halogens is 1. The predicted octanol–water partition coefficient (Wildman–Crippen LogP) is 2.56. The van der Waals surface area contributed by atoms with Gasteiger partial charge in [0.15, 0.2) is 5.96 Å². The topological polar surface area (TPSA) is 72.0 Å². The van der Waals surface area contributed by atoms with Gasteiger partial charge in [-0.25, -0.2) is 4.99 Å². The molecule has 2 heterocycles. The molecule has 0 atom stereocenters. The van der Waals surface area contributed by atoms with Crippen LogP contribution in [0.15, 0.2) is 29.3 Å². The van der Waals surface area contributed by atoms with Gasteiger partial charge in [0.25, 0.3) is 0 Å². The molecule has 1 amide bonds. The summed E-state index contributed by atoms with van der Waals surface area (Å²) in [4.78, 5) is 21.0. The van der Waals surface area contributed by atoms with Gasteiger partial charge in [0.05, 0.1) is 13.1 Å². The number of nitrogens with one attached hydrogen (secondary N) is 3. The third-order valence-corrected chi connectivity index (χ3v) is 5.75. The Morgan fingerprint density at radius 2 is 1.81 bits per heavy atom. The van der Waals surface area contributed by atoms with Crippen LogP contribution >= 0.6 is 24.0 Å². The molecule has 0 saturated carbocycles. The lowest BCUT2D eigenvalue weighted by Crippen LogP contribution is -2.47. The standard InChI is InChI=1S/C23H38N6O.HI/c1-2-24-23(26-12-7-16-28-14-5-3-4-6-15-28)27-18-20-8-10-21(11-9-20)29-17-13-25-22(30)19-29;/h8-11H,2-7,12-19H2,1H3,(H,25,30)(H2,24,26,27);1H. The maximum absolute atomic E-state index is 11.6. The van der Waals surface area contributed by atoms with Gasteiger partial charge < -0.3 is 25.8 Å². The molecule has 31 heavy (non-hydrogen) atoms. The number of likely N-dealkylation sites (tertiary alicyclic amines) is 1. The first-order valence-corrected chi connectivity index (χ1v) is 11.6. The number of guanidine groups is 1. The molecule has 3 rings (SSSR count). The first-order valence-electron chi connectivity index (χ1n) is 11.6. The van der Waals surface area contributed by atoms with E-state index in [1.54, 1.807) is 0 Å². The molecule has 2 aliphatic heterocycles. The fraction of sp³-hybridized carbons (Fsp3) is 0.652. The summed E-state index contributed by atoms with van der Waals surface area (Å²) in [6.45, 7) is 10.2. The number of hydrogen-bond donors (Lipinski definition) is 3. The summed E-state index contributed by atoms with van der Waals surface area (Å²) < 4.78 is 0. The third-order valence-electron chi connectivity index (χ3n) is 5.75. The van der Waals surface area contributed by atoms with Crippen molar-refractivity contribution in [3.8, 4) is 0 Å². The monoisotopic (exact) mass is 542 g/mol. The van der Waals surface area contributed by atoms with Crippen LogP contribution in [-0.2, 0) is 11.3 Å². The fourth-order valence-electron chi connectivity index (χ4n) is 4.05. The van der Waals surface area contributed by atoms with Crippen molar-refractivity contribution in [2.45, 2.75) is 45.6 Å². The number of rotatable bonds is 8. The Hall–Kier alpha value is -1.55. The molecule has 7 nitrogen and oxygen atoms in total. The van der Waals surface area contributed by atoms with Gasteiger partial charge in [-0.1, -0.05) is 25.0 Å². The van der Waals surface area contributed by atoms with E-state index in [0.717, 1.165) is 37.7 Å². The Morgan fingerprint density at radius 3 is 2.48 bits per heavy atom. The third kappa shape index (κ3) is 9.22. The van der Waals surface area contributed by atoms with Gasteiger partial charge in [-0.2, -0.15) is 0 Å². The average Bonchev–Trinajstić information content (AvgIpc) is 3.04. The van der Waals surface area contributed by atoms with Gasteiger partial charge in [0, 0.05) is 31.9 Å². The minimum Gasteiger partial charge on any atom is -0.360 e. The van der Waals surface area contributed by atoms with E-state index in [4.69, 9.17) is 4.99 Å². The van der Waals surface area contributed by atoms with Crippen molar-refractivity contribution >= 4 is 41.5 Å². The van der Waals surface area contributed by atoms with Crippen molar-refractivity contribution in [1.82, 2.24) is 20.9 Å². The van der Waals surface area contributed by atoms with E-state index >= 15 is 0 Å². The zero-order chi connectivity index (χ0) is 21.0. The number of aliphatic imine (C=N–C) groups is 1. The van der Waals surface area contributed by atoms with E-state index in [-0.39, 0.29) is 29.9 Å². The Morgan fingerprint density at radius 1 is 1.06 bits per heavy atom. The molecular weight excluding hydrogens is 503 g/mol.